The fourth-order valence-electron chi connectivity index (χ4n) is 3.40. The Morgan fingerprint density at radius 3 is 2.34 bits per heavy atom. The number of hydrogen-bond acceptors (Lipinski definition) is 5. The molecule has 0 aliphatic carbocycles. The van der Waals surface area contributed by atoms with Gasteiger partial charge in [0.15, 0.2) is 5.69 Å². The minimum absolute atomic E-state index is 0.0160. The smallest absolute Gasteiger partial charge is 0.434 e. The van der Waals surface area contributed by atoms with Crippen molar-refractivity contribution in [1.29, 1.82) is 0 Å². The highest BCUT2D eigenvalue weighted by Crippen LogP contribution is 2.33. The number of hydrogen-bond donors (Lipinski definition) is 1. The number of alkyl halides is 3. The Morgan fingerprint density at radius 1 is 1.13 bits per heavy atom. The highest BCUT2D eigenvalue weighted by molar-refractivity contribution is 6.76. The molecule has 0 unspecified atom stereocenters. The van der Waals surface area contributed by atoms with E-state index in [-0.39, 0.29) is 19.2 Å². The molecule has 0 aliphatic heterocycles. The number of aliphatic carboxylic acids is 1. The average Bonchev–Trinajstić information content (AvgIpc) is 3.24. The molecule has 3 rings (SSSR count). The lowest BCUT2D eigenvalue weighted by atomic mass is 9.95. The Labute approximate surface area is 221 Å². The van der Waals surface area contributed by atoms with Gasteiger partial charge < -0.3 is 19.1 Å². The quantitative estimate of drug-likeness (QED) is 0.211. The lowest BCUT2D eigenvalue weighted by molar-refractivity contribution is -0.148. The lowest BCUT2D eigenvalue weighted by Crippen LogP contribution is -2.30. The van der Waals surface area contributed by atoms with Crippen LogP contribution in [0.25, 0.3) is 22.6 Å². The molecule has 0 fully saturated rings. The second kappa shape index (κ2) is 11.3. The molecule has 0 atom stereocenters. The van der Waals surface area contributed by atoms with E-state index in [1.807, 2.05) is 0 Å². The van der Waals surface area contributed by atoms with Crippen molar-refractivity contribution >= 4 is 14.0 Å². The third kappa shape index (κ3) is 7.67. The van der Waals surface area contributed by atoms with Gasteiger partial charge in [-0.3, -0.25) is 9.78 Å². The van der Waals surface area contributed by atoms with Crippen LogP contribution in [0.4, 0.5) is 13.2 Å². The average molecular weight is 550 g/mol. The van der Waals surface area contributed by atoms with E-state index in [2.05, 4.69) is 29.6 Å². The Bertz CT molecular complexity index is 1270. The largest absolute Gasteiger partial charge is 0.492 e. The molecule has 7 nitrogen and oxygen atoms in total. The summed E-state index contributed by atoms with van der Waals surface area (Å²) in [7, 11) is -1.34. The van der Waals surface area contributed by atoms with Gasteiger partial charge in [0.25, 0.3) is 0 Å². The van der Waals surface area contributed by atoms with E-state index in [0.717, 1.165) is 17.8 Å². The molecular weight excluding hydrogens is 515 g/mol. The summed E-state index contributed by atoms with van der Waals surface area (Å²) in [6.45, 7) is 12.0. The summed E-state index contributed by atoms with van der Waals surface area (Å²) in [5.74, 6) is -0.283. The zero-order valence-electron chi connectivity index (χ0n) is 22.5. The van der Waals surface area contributed by atoms with Crippen LogP contribution in [0, 0.1) is 12.3 Å². The molecule has 0 amide bonds. The van der Waals surface area contributed by atoms with Crippen molar-refractivity contribution in [3.63, 3.8) is 0 Å². The predicted octanol–water partition coefficient (Wildman–Crippen LogP) is 6.74. The fourth-order valence-corrected chi connectivity index (χ4v) is 4.16. The molecule has 0 bridgehead atoms. The van der Waals surface area contributed by atoms with Gasteiger partial charge in [0.2, 0.25) is 0 Å². The highest BCUT2D eigenvalue weighted by atomic mass is 28.3. The molecule has 0 saturated carbocycles. The zero-order chi connectivity index (χ0) is 28.3. The zero-order valence-corrected chi connectivity index (χ0v) is 23.5. The minimum atomic E-state index is -4.58. The van der Waals surface area contributed by atoms with E-state index >= 15 is 0 Å². The molecule has 38 heavy (non-hydrogen) atoms. The van der Waals surface area contributed by atoms with Crippen LogP contribution in [0.5, 0.6) is 5.75 Å². The second-order valence-corrected chi connectivity index (χ2v) is 16.8. The molecule has 0 radical (unpaired) electrons. The summed E-state index contributed by atoms with van der Waals surface area (Å²) in [5, 5.41) is 9.23. The molecule has 11 heteroatoms. The third-order valence-corrected chi connectivity index (χ3v) is 7.68. The van der Waals surface area contributed by atoms with E-state index in [4.69, 9.17) is 9.47 Å². The molecule has 1 aromatic carbocycles. The molecule has 0 aliphatic rings. The molecule has 2 heterocycles. The number of aryl methyl sites for hydroxylation is 1. The van der Waals surface area contributed by atoms with Crippen molar-refractivity contribution in [2.75, 3.05) is 13.2 Å². The number of carbonyl (C=O) groups is 1. The highest BCUT2D eigenvalue weighted by Gasteiger charge is 2.35. The minimum Gasteiger partial charge on any atom is -0.492 e. The third-order valence-electron chi connectivity index (χ3n) is 5.97. The van der Waals surface area contributed by atoms with Crippen LogP contribution in [-0.2, 0) is 22.4 Å². The maximum Gasteiger partial charge on any atom is 0.434 e. The summed E-state index contributed by atoms with van der Waals surface area (Å²) in [6, 6.07) is 9.71. The van der Waals surface area contributed by atoms with Crippen LogP contribution in [-0.4, -0.2) is 46.9 Å². The van der Waals surface area contributed by atoms with Crippen molar-refractivity contribution in [2.24, 2.45) is 5.41 Å². The molecule has 3 aromatic rings. The Hall–Kier alpha value is -3.18. The SMILES string of the molecule is Cc1cc(-c2ccc(OCC(C)(C)C(=O)O)cc2)ncc1-c1nc(C(F)(F)F)cn1COCC[Si](C)(C)C. The van der Waals surface area contributed by atoms with Crippen LogP contribution >= 0.6 is 0 Å². The van der Waals surface area contributed by atoms with Crippen molar-refractivity contribution < 1.29 is 32.5 Å². The van der Waals surface area contributed by atoms with Crippen molar-refractivity contribution in [2.45, 2.75) is 59.4 Å². The molecule has 206 valence electrons. The van der Waals surface area contributed by atoms with Crippen molar-refractivity contribution in [3.8, 4) is 28.4 Å². The number of ether oxygens (including phenoxy) is 2. The summed E-state index contributed by atoms with van der Waals surface area (Å²) in [6.07, 6.45) is -2.09. The van der Waals surface area contributed by atoms with Gasteiger partial charge in [-0.2, -0.15) is 13.2 Å². The van der Waals surface area contributed by atoms with Gasteiger partial charge in [0, 0.05) is 38.2 Å². The van der Waals surface area contributed by atoms with Crippen LogP contribution < -0.4 is 4.74 Å². The Kier molecular flexibility index (Phi) is 8.72. The first kappa shape index (κ1) is 29.4. The Balaban J connectivity index is 1.81. The first-order valence-electron chi connectivity index (χ1n) is 12.2. The number of carboxylic acids is 1. The van der Waals surface area contributed by atoms with Gasteiger partial charge in [0.1, 0.15) is 24.9 Å². The van der Waals surface area contributed by atoms with Gasteiger partial charge >= 0.3 is 12.1 Å². The molecule has 0 saturated heterocycles. The number of carboxylic acid groups (broad SMARTS) is 1. The molecule has 0 spiro atoms. The van der Waals surface area contributed by atoms with Gasteiger partial charge in [-0.15, -0.1) is 0 Å². The second-order valence-electron chi connectivity index (χ2n) is 11.2. The monoisotopic (exact) mass is 549 g/mol. The summed E-state index contributed by atoms with van der Waals surface area (Å²) in [4.78, 5) is 19.6. The topological polar surface area (TPSA) is 86.5 Å². The number of rotatable bonds is 11. The first-order valence-corrected chi connectivity index (χ1v) is 15.9. The summed E-state index contributed by atoms with van der Waals surface area (Å²) in [5.41, 5.74) is 0.591. The van der Waals surface area contributed by atoms with Gasteiger partial charge in [0.05, 0.1) is 11.1 Å². The van der Waals surface area contributed by atoms with Gasteiger partial charge in [-0.05, 0) is 62.7 Å². The van der Waals surface area contributed by atoms with E-state index in [0.29, 0.717) is 29.2 Å². The van der Waals surface area contributed by atoms with E-state index < -0.39 is 31.3 Å². The van der Waals surface area contributed by atoms with Crippen molar-refractivity contribution in [3.05, 3.63) is 54.0 Å². The lowest BCUT2D eigenvalue weighted by Gasteiger charge is -2.19. The molecular formula is C27H34F3N3O4Si. The Morgan fingerprint density at radius 2 is 1.79 bits per heavy atom. The number of halogens is 3. The number of benzene rings is 1. The van der Waals surface area contributed by atoms with E-state index in [9.17, 15) is 23.1 Å². The number of pyridine rings is 1. The predicted molar refractivity (Wildman–Crippen MR) is 142 cm³/mol. The summed E-state index contributed by atoms with van der Waals surface area (Å²) < 4.78 is 53.1. The number of nitrogens with zero attached hydrogens (tertiary/aromatic N) is 3. The fraction of sp³-hybridized carbons (Fsp3) is 0.444. The maximum absolute atomic E-state index is 13.5. The number of aromatic nitrogens is 3. The van der Waals surface area contributed by atoms with Crippen LogP contribution in [0.15, 0.2) is 42.7 Å². The summed E-state index contributed by atoms with van der Waals surface area (Å²) >= 11 is 0. The van der Waals surface area contributed by atoms with Crippen LogP contribution in [0.3, 0.4) is 0 Å². The number of imidazole rings is 1. The normalized spacial score (nSPS) is 12.6. The standard InChI is InChI=1S/C27H34F3N3O4Si/c1-18-13-22(19-7-9-20(10-8-19)37-16-26(2,3)25(34)35)31-14-21(18)24-32-23(27(28,29)30)15-33(24)17-36-11-12-38(4,5)6/h7-10,13-15H,11-12,16-17H2,1-6H3,(H,34,35). The maximum atomic E-state index is 13.5. The van der Waals surface area contributed by atoms with Crippen LogP contribution in [0.2, 0.25) is 25.7 Å². The molecule has 1 N–H and O–H groups in total. The van der Waals surface area contributed by atoms with Gasteiger partial charge in [-0.25, -0.2) is 4.98 Å². The van der Waals surface area contributed by atoms with E-state index in [1.54, 1.807) is 51.1 Å². The van der Waals surface area contributed by atoms with Gasteiger partial charge in [-0.1, -0.05) is 19.6 Å². The van der Waals surface area contributed by atoms with Crippen molar-refractivity contribution in [1.82, 2.24) is 14.5 Å². The van der Waals surface area contributed by atoms with Crippen LogP contribution in [0.1, 0.15) is 25.1 Å². The first-order chi connectivity index (χ1) is 17.6. The van der Waals surface area contributed by atoms with E-state index in [1.165, 1.54) is 10.8 Å². The molecule has 2 aromatic heterocycles.